The smallest absolute Gasteiger partial charge is 0.342 e. The van der Waals surface area contributed by atoms with Crippen LogP contribution in [0, 0.1) is 5.82 Å². The molecule has 1 unspecified atom stereocenters. The number of carbonyl (C=O) groups is 1. The summed E-state index contributed by atoms with van der Waals surface area (Å²) in [5, 5.41) is 11.2. The third-order valence-corrected chi connectivity index (χ3v) is 6.42. The van der Waals surface area contributed by atoms with Gasteiger partial charge in [-0.2, -0.15) is 0 Å². The average Bonchev–Trinajstić information content (AvgIpc) is 3.18. The lowest BCUT2D eigenvalue weighted by atomic mass is 10.0. The Morgan fingerprint density at radius 1 is 1.42 bits per heavy atom. The molecule has 1 atom stereocenters. The molecule has 0 amide bonds. The van der Waals surface area contributed by atoms with Gasteiger partial charge in [-0.15, -0.1) is 23.7 Å². The molecule has 166 valence electrons. The van der Waals surface area contributed by atoms with Crippen molar-refractivity contribution < 1.29 is 18.7 Å². The summed E-state index contributed by atoms with van der Waals surface area (Å²) in [5.74, 6) is -2.02. The van der Waals surface area contributed by atoms with Crippen LogP contribution >= 0.6 is 23.7 Å². The Morgan fingerprint density at radius 3 is 2.81 bits per heavy atom. The number of thiazole rings is 1. The van der Waals surface area contributed by atoms with Gasteiger partial charge >= 0.3 is 5.97 Å². The number of rotatable bonds is 4. The number of carboxylic acids is 1. The fourth-order valence-electron chi connectivity index (χ4n) is 4.03. The molecule has 0 saturated carbocycles. The summed E-state index contributed by atoms with van der Waals surface area (Å²) in [6, 6.07) is 0.706. The number of fused-ring (bicyclic) bond motifs is 3. The Balaban J connectivity index is 0.00000272. The van der Waals surface area contributed by atoms with Crippen molar-refractivity contribution in [2.75, 3.05) is 45.3 Å². The van der Waals surface area contributed by atoms with Crippen LogP contribution in [0.2, 0.25) is 0 Å². The number of anilines is 1. The number of piperazine rings is 1. The summed E-state index contributed by atoms with van der Waals surface area (Å²) >= 11 is 1.12. The lowest BCUT2D eigenvalue weighted by molar-refractivity contribution is 0.0697. The molecular weight excluding hydrogens is 450 g/mol. The average molecular weight is 471 g/mol. The monoisotopic (exact) mass is 470 g/mol. The highest BCUT2D eigenvalue weighted by Gasteiger charge is 2.30. The van der Waals surface area contributed by atoms with Crippen LogP contribution in [0.1, 0.15) is 15.9 Å². The zero-order valence-corrected chi connectivity index (χ0v) is 18.5. The van der Waals surface area contributed by atoms with Gasteiger partial charge in [-0.1, -0.05) is 0 Å². The van der Waals surface area contributed by atoms with Crippen LogP contribution in [0.5, 0.6) is 0 Å². The molecule has 0 spiro atoms. The van der Waals surface area contributed by atoms with Gasteiger partial charge in [0.15, 0.2) is 0 Å². The van der Waals surface area contributed by atoms with Gasteiger partial charge in [-0.05, 0) is 13.1 Å². The number of likely N-dealkylation sites (N-methyl/N-ethyl adjacent to an activating group) is 1. The van der Waals surface area contributed by atoms with E-state index in [1.54, 1.807) is 20.9 Å². The summed E-state index contributed by atoms with van der Waals surface area (Å²) < 4.78 is 30.4. The third kappa shape index (κ3) is 3.68. The van der Waals surface area contributed by atoms with Crippen LogP contribution in [-0.2, 0) is 0 Å². The Labute approximate surface area is 186 Å². The molecule has 1 fully saturated rings. The highest BCUT2D eigenvalue weighted by atomic mass is 35.5. The van der Waals surface area contributed by atoms with Gasteiger partial charge in [-0.25, -0.2) is 13.6 Å². The zero-order chi connectivity index (χ0) is 21.6. The first-order valence-electron chi connectivity index (χ1n) is 9.33. The molecule has 11 heteroatoms. The van der Waals surface area contributed by atoms with E-state index in [1.165, 1.54) is 13.3 Å². The molecule has 1 aliphatic rings. The summed E-state index contributed by atoms with van der Waals surface area (Å²) in [7, 11) is 3.36. The van der Waals surface area contributed by atoms with Gasteiger partial charge in [0.1, 0.15) is 22.9 Å². The maximum absolute atomic E-state index is 15.4. The highest BCUT2D eigenvalue weighted by Crippen LogP contribution is 2.33. The van der Waals surface area contributed by atoms with Crippen LogP contribution in [0.25, 0.3) is 15.7 Å². The number of pyridine rings is 1. The Morgan fingerprint density at radius 2 is 2.16 bits per heavy atom. The number of hydrogen-bond acceptors (Lipinski definition) is 6. The van der Waals surface area contributed by atoms with Gasteiger partial charge in [0.2, 0.25) is 5.43 Å². The molecule has 3 heterocycles. The van der Waals surface area contributed by atoms with Crippen LogP contribution in [-0.4, -0.2) is 73.0 Å². The maximum atomic E-state index is 15.4. The second kappa shape index (κ2) is 8.89. The highest BCUT2D eigenvalue weighted by molar-refractivity contribution is 7.16. The van der Waals surface area contributed by atoms with E-state index in [0.29, 0.717) is 24.2 Å². The lowest BCUT2D eigenvalue weighted by Crippen LogP contribution is -2.53. The largest absolute Gasteiger partial charge is 0.477 e. The van der Waals surface area contributed by atoms with Crippen LogP contribution in [0.4, 0.5) is 14.5 Å². The summed E-state index contributed by atoms with van der Waals surface area (Å²) in [5.41, 5.74) is -0.129. The van der Waals surface area contributed by atoms with Crippen molar-refractivity contribution in [2.24, 2.45) is 4.99 Å². The van der Waals surface area contributed by atoms with Gasteiger partial charge in [0, 0.05) is 50.0 Å². The second-order valence-electron chi connectivity index (χ2n) is 7.23. The summed E-state index contributed by atoms with van der Waals surface area (Å²) in [6.07, 6.45) is 3.12. The normalized spacial score (nSPS) is 17.5. The number of benzene rings is 1. The van der Waals surface area contributed by atoms with E-state index in [1.807, 2.05) is 11.9 Å². The SMILES string of the molecule is CN=Cc1c(N2CCN(C)C(CF)C2)c(F)cc2c(=O)c(C(=O)O)c3sccn3c12.Cl. The van der Waals surface area contributed by atoms with E-state index >= 15 is 4.39 Å². The minimum atomic E-state index is -1.36. The quantitative estimate of drug-likeness (QED) is 0.593. The van der Waals surface area contributed by atoms with Gasteiger partial charge in [0.25, 0.3) is 0 Å². The predicted molar refractivity (Wildman–Crippen MR) is 121 cm³/mol. The molecule has 4 rings (SSSR count). The van der Waals surface area contributed by atoms with E-state index in [4.69, 9.17) is 0 Å². The van der Waals surface area contributed by atoms with Crippen molar-refractivity contribution in [2.45, 2.75) is 6.04 Å². The minimum absolute atomic E-state index is 0. The fraction of sp³-hybridized carbons (Fsp3) is 0.350. The number of aromatic carboxylic acids is 1. The molecule has 0 aliphatic carbocycles. The first-order valence-corrected chi connectivity index (χ1v) is 10.2. The molecule has 1 N–H and O–H groups in total. The van der Waals surface area contributed by atoms with Crippen molar-refractivity contribution in [3.05, 3.63) is 44.8 Å². The molecule has 0 radical (unpaired) electrons. The van der Waals surface area contributed by atoms with Crippen LogP contribution in [0.15, 0.2) is 27.4 Å². The van der Waals surface area contributed by atoms with Crippen LogP contribution < -0.4 is 10.3 Å². The van der Waals surface area contributed by atoms with Gasteiger partial charge in [-0.3, -0.25) is 14.7 Å². The number of nitrogens with zero attached hydrogens (tertiary/aromatic N) is 4. The van der Waals surface area contributed by atoms with Crippen LogP contribution in [0.3, 0.4) is 0 Å². The molecule has 1 aliphatic heterocycles. The summed E-state index contributed by atoms with van der Waals surface area (Å²) in [4.78, 5) is 32.6. The zero-order valence-electron chi connectivity index (χ0n) is 16.8. The molecule has 2 aromatic heterocycles. The van der Waals surface area contributed by atoms with E-state index in [9.17, 15) is 19.1 Å². The number of alkyl halides is 1. The van der Waals surface area contributed by atoms with Gasteiger partial charge < -0.3 is 14.4 Å². The van der Waals surface area contributed by atoms with Crippen molar-refractivity contribution >= 4 is 57.3 Å². The van der Waals surface area contributed by atoms with E-state index < -0.39 is 23.9 Å². The number of aromatic nitrogens is 1. The molecule has 0 bridgehead atoms. The first-order chi connectivity index (χ1) is 14.4. The van der Waals surface area contributed by atoms with Gasteiger partial charge in [0.05, 0.1) is 22.6 Å². The molecule has 3 aromatic rings. The number of aliphatic imine (C=N–C) groups is 1. The van der Waals surface area contributed by atoms with Crippen molar-refractivity contribution in [1.82, 2.24) is 9.30 Å². The molecular formula is C20H21ClF2N4O3S. The van der Waals surface area contributed by atoms with E-state index in [0.717, 1.165) is 17.4 Å². The lowest BCUT2D eigenvalue weighted by Gasteiger charge is -2.40. The van der Waals surface area contributed by atoms with E-state index in [-0.39, 0.29) is 46.5 Å². The Hall–Kier alpha value is -2.56. The molecule has 1 saturated heterocycles. The van der Waals surface area contributed by atoms with Crippen molar-refractivity contribution in [3.8, 4) is 0 Å². The maximum Gasteiger partial charge on any atom is 0.342 e. The number of hydrogen-bond donors (Lipinski definition) is 1. The molecule has 1 aromatic carbocycles. The Bertz CT molecular complexity index is 1240. The molecule has 31 heavy (non-hydrogen) atoms. The Kier molecular flexibility index (Phi) is 6.63. The number of carboxylic acid groups (broad SMARTS) is 1. The number of halogens is 3. The van der Waals surface area contributed by atoms with Crippen molar-refractivity contribution in [3.63, 3.8) is 0 Å². The predicted octanol–water partition coefficient (Wildman–Crippen LogP) is 2.91. The minimum Gasteiger partial charge on any atom is -0.477 e. The molecule has 7 nitrogen and oxygen atoms in total. The first kappa shape index (κ1) is 23.1. The second-order valence-corrected chi connectivity index (χ2v) is 8.12. The van der Waals surface area contributed by atoms with E-state index in [2.05, 4.69) is 4.99 Å². The fourth-order valence-corrected chi connectivity index (χ4v) is 4.90. The summed E-state index contributed by atoms with van der Waals surface area (Å²) in [6.45, 7) is 0.764. The standard InChI is InChI=1S/C20H20F2N4O3S.ClH/c1-23-9-13-16-12(18(27)15(20(28)29)19-26(16)5-6-30-19)7-14(22)17(13)25-4-3-24(2)11(8-21)10-25;/h5-7,9,11H,3-4,8,10H2,1-2H3,(H,28,29);1H. The topological polar surface area (TPSA) is 77.6 Å². The third-order valence-electron chi connectivity index (χ3n) is 5.54. The van der Waals surface area contributed by atoms with Crippen molar-refractivity contribution in [1.29, 1.82) is 0 Å².